The van der Waals surface area contributed by atoms with Gasteiger partial charge in [-0.1, -0.05) is 6.07 Å². The van der Waals surface area contributed by atoms with Gasteiger partial charge in [-0.15, -0.1) is 12.4 Å². The molecule has 1 atom stereocenters. The molecule has 3 nitrogen and oxygen atoms in total. The summed E-state index contributed by atoms with van der Waals surface area (Å²) in [5, 5.41) is -0.493. The van der Waals surface area contributed by atoms with E-state index in [0.717, 1.165) is 29.7 Å². The quantitative estimate of drug-likeness (QED) is 0.871. The molecular weight excluding hydrogens is 273 g/mol. The van der Waals surface area contributed by atoms with Crippen LogP contribution in [-0.4, -0.2) is 11.8 Å². The number of carbonyl (C=O) groups is 1. The molecule has 0 bridgehead atoms. The Morgan fingerprint density at radius 1 is 1.56 bits per heavy atom. The van der Waals surface area contributed by atoms with Gasteiger partial charge in [0.15, 0.2) is 0 Å². The first-order chi connectivity index (χ1) is 8.08. The van der Waals surface area contributed by atoms with Crippen molar-refractivity contribution in [2.45, 2.75) is 31.7 Å². The molecule has 0 spiro atoms. The minimum Gasteiger partial charge on any atom is -0.494 e. The van der Waals surface area contributed by atoms with E-state index >= 15 is 0 Å². The van der Waals surface area contributed by atoms with Crippen molar-refractivity contribution >= 4 is 29.3 Å². The van der Waals surface area contributed by atoms with E-state index in [-0.39, 0.29) is 12.4 Å². The van der Waals surface area contributed by atoms with E-state index in [0.29, 0.717) is 13.0 Å². The van der Waals surface area contributed by atoms with E-state index in [9.17, 15) is 4.79 Å². The largest absolute Gasteiger partial charge is 0.494 e. The molecule has 0 aromatic heterocycles. The standard InChI is InChI=1S/C13H16ClNO2.ClH/c1-2-17-10-6-5-9-4-3-7-13(15,12(14)16)11(9)8-10;/h5-6,8H,2-4,7,15H2,1H3;1H. The fourth-order valence-corrected chi connectivity index (χ4v) is 2.54. The summed E-state index contributed by atoms with van der Waals surface area (Å²) in [4.78, 5) is 11.6. The van der Waals surface area contributed by atoms with Gasteiger partial charge in [0.25, 0.3) is 0 Å². The number of rotatable bonds is 3. The van der Waals surface area contributed by atoms with Gasteiger partial charge in [-0.05, 0) is 61.0 Å². The maximum Gasteiger partial charge on any atom is 0.246 e. The highest BCUT2D eigenvalue weighted by atomic mass is 35.5. The number of ether oxygens (including phenoxy) is 1. The van der Waals surface area contributed by atoms with E-state index in [1.54, 1.807) is 0 Å². The maximum atomic E-state index is 11.6. The SMILES string of the molecule is CCOc1ccc2c(c1)C(N)(C(=O)Cl)CCC2.Cl. The van der Waals surface area contributed by atoms with E-state index in [2.05, 4.69) is 0 Å². The summed E-state index contributed by atoms with van der Waals surface area (Å²) in [6.45, 7) is 2.51. The van der Waals surface area contributed by atoms with E-state index in [4.69, 9.17) is 22.1 Å². The number of benzene rings is 1. The summed E-state index contributed by atoms with van der Waals surface area (Å²) >= 11 is 5.65. The van der Waals surface area contributed by atoms with Gasteiger partial charge in [0.2, 0.25) is 5.24 Å². The van der Waals surface area contributed by atoms with Crippen molar-refractivity contribution in [2.24, 2.45) is 5.73 Å². The van der Waals surface area contributed by atoms with Crippen LogP contribution in [0.1, 0.15) is 30.9 Å². The summed E-state index contributed by atoms with van der Waals surface area (Å²) < 4.78 is 5.44. The molecule has 0 amide bonds. The summed E-state index contributed by atoms with van der Waals surface area (Å²) in [5.41, 5.74) is 7.00. The van der Waals surface area contributed by atoms with Gasteiger partial charge in [0.1, 0.15) is 11.3 Å². The second-order valence-electron chi connectivity index (χ2n) is 4.35. The van der Waals surface area contributed by atoms with Crippen LogP contribution < -0.4 is 10.5 Å². The number of nitrogens with two attached hydrogens (primary N) is 1. The molecule has 18 heavy (non-hydrogen) atoms. The molecule has 0 saturated carbocycles. The van der Waals surface area contributed by atoms with Crippen molar-refractivity contribution in [3.63, 3.8) is 0 Å². The van der Waals surface area contributed by atoms with Gasteiger partial charge in [0, 0.05) is 0 Å². The fraction of sp³-hybridized carbons (Fsp3) is 0.462. The fourth-order valence-electron chi connectivity index (χ4n) is 2.34. The molecule has 2 rings (SSSR count). The molecule has 0 aliphatic heterocycles. The molecule has 1 unspecified atom stereocenters. The molecule has 100 valence electrons. The Balaban J connectivity index is 0.00000162. The first-order valence-corrected chi connectivity index (χ1v) is 6.20. The molecule has 1 aliphatic rings. The van der Waals surface area contributed by atoms with Crippen LogP contribution in [0, 0.1) is 0 Å². The van der Waals surface area contributed by atoms with Crippen molar-refractivity contribution < 1.29 is 9.53 Å². The van der Waals surface area contributed by atoms with Crippen molar-refractivity contribution in [1.82, 2.24) is 0 Å². The minimum atomic E-state index is -1.05. The van der Waals surface area contributed by atoms with Crippen molar-refractivity contribution in [1.29, 1.82) is 0 Å². The van der Waals surface area contributed by atoms with Gasteiger partial charge in [0.05, 0.1) is 6.61 Å². The third-order valence-electron chi connectivity index (χ3n) is 3.24. The number of hydrogen-bond acceptors (Lipinski definition) is 3. The van der Waals surface area contributed by atoms with Crippen LogP contribution in [-0.2, 0) is 16.8 Å². The summed E-state index contributed by atoms with van der Waals surface area (Å²) in [6, 6.07) is 5.73. The molecule has 5 heteroatoms. The first kappa shape index (κ1) is 15.3. The molecule has 1 aromatic carbocycles. The number of aryl methyl sites for hydroxylation is 1. The van der Waals surface area contributed by atoms with Crippen LogP contribution in [0.15, 0.2) is 18.2 Å². The normalized spacial score (nSPS) is 21.7. The third kappa shape index (κ3) is 2.63. The van der Waals surface area contributed by atoms with Crippen molar-refractivity contribution in [2.75, 3.05) is 6.61 Å². The van der Waals surface area contributed by atoms with Crippen LogP contribution in [0.2, 0.25) is 0 Å². The zero-order valence-electron chi connectivity index (χ0n) is 10.2. The highest BCUT2D eigenvalue weighted by Crippen LogP contribution is 2.37. The Hall–Kier alpha value is -0.770. The summed E-state index contributed by atoms with van der Waals surface area (Å²) in [6.07, 6.45) is 2.42. The van der Waals surface area contributed by atoms with Gasteiger partial charge in [-0.25, -0.2) is 0 Å². The zero-order valence-corrected chi connectivity index (χ0v) is 11.8. The number of carbonyl (C=O) groups excluding carboxylic acids is 1. The molecule has 0 fully saturated rings. The van der Waals surface area contributed by atoms with Crippen molar-refractivity contribution in [3.05, 3.63) is 29.3 Å². The van der Waals surface area contributed by atoms with Crippen LogP contribution in [0.5, 0.6) is 5.75 Å². The van der Waals surface area contributed by atoms with Gasteiger partial charge in [-0.2, -0.15) is 0 Å². The maximum absolute atomic E-state index is 11.6. The molecule has 0 heterocycles. The molecule has 1 aliphatic carbocycles. The predicted octanol–water partition coefficient (Wildman–Crippen LogP) is 2.76. The smallest absolute Gasteiger partial charge is 0.246 e. The lowest BCUT2D eigenvalue weighted by Crippen LogP contribution is -2.45. The molecule has 2 N–H and O–H groups in total. The minimum absolute atomic E-state index is 0. The average Bonchev–Trinajstić information content (AvgIpc) is 2.30. The lowest BCUT2D eigenvalue weighted by molar-refractivity contribution is -0.117. The number of fused-ring (bicyclic) bond motifs is 1. The van der Waals surface area contributed by atoms with E-state index in [1.165, 1.54) is 0 Å². The number of hydrogen-bond donors (Lipinski definition) is 1. The third-order valence-corrected chi connectivity index (χ3v) is 3.58. The average molecular weight is 290 g/mol. The Morgan fingerprint density at radius 3 is 2.89 bits per heavy atom. The van der Waals surface area contributed by atoms with E-state index < -0.39 is 10.8 Å². The monoisotopic (exact) mass is 289 g/mol. The van der Waals surface area contributed by atoms with Crippen LogP contribution in [0.25, 0.3) is 0 Å². The van der Waals surface area contributed by atoms with Crippen molar-refractivity contribution in [3.8, 4) is 5.75 Å². The molecule has 0 radical (unpaired) electrons. The second-order valence-corrected chi connectivity index (χ2v) is 4.69. The predicted molar refractivity (Wildman–Crippen MR) is 74.5 cm³/mol. The number of halogens is 2. The summed E-state index contributed by atoms with van der Waals surface area (Å²) in [7, 11) is 0. The molecule has 0 saturated heterocycles. The van der Waals surface area contributed by atoms with Crippen LogP contribution in [0.3, 0.4) is 0 Å². The highest BCUT2D eigenvalue weighted by molar-refractivity contribution is 6.65. The first-order valence-electron chi connectivity index (χ1n) is 5.83. The van der Waals surface area contributed by atoms with Gasteiger partial charge in [-0.3, -0.25) is 4.79 Å². The summed E-state index contributed by atoms with van der Waals surface area (Å²) in [5.74, 6) is 0.737. The Labute approximate surface area is 118 Å². The zero-order chi connectivity index (χ0) is 12.5. The Morgan fingerprint density at radius 2 is 2.28 bits per heavy atom. The molecular formula is C13H17Cl2NO2. The Bertz CT molecular complexity index is 451. The van der Waals surface area contributed by atoms with Gasteiger partial charge >= 0.3 is 0 Å². The van der Waals surface area contributed by atoms with E-state index in [1.807, 2.05) is 25.1 Å². The Kier molecular flexibility index (Phi) is 5.02. The van der Waals surface area contributed by atoms with Crippen LogP contribution >= 0.6 is 24.0 Å². The second kappa shape index (κ2) is 5.91. The van der Waals surface area contributed by atoms with Crippen LogP contribution in [0.4, 0.5) is 0 Å². The van der Waals surface area contributed by atoms with Gasteiger partial charge < -0.3 is 10.5 Å². The topological polar surface area (TPSA) is 52.3 Å². The molecule has 1 aromatic rings. The lowest BCUT2D eigenvalue weighted by atomic mass is 9.78. The lowest BCUT2D eigenvalue weighted by Gasteiger charge is -2.32. The highest BCUT2D eigenvalue weighted by Gasteiger charge is 2.38.